The molecule has 5 rings (SSSR count). The summed E-state index contributed by atoms with van der Waals surface area (Å²) in [7, 11) is 5.73. The summed E-state index contributed by atoms with van der Waals surface area (Å²) in [5, 5.41) is 8.57. The quantitative estimate of drug-likeness (QED) is 0.535. The largest absolute Gasteiger partial charge is 0.493 e. The first-order valence-corrected chi connectivity index (χ1v) is 12.2. The number of rotatable bonds is 6. The van der Waals surface area contributed by atoms with E-state index in [1.807, 2.05) is 46.4 Å². The van der Waals surface area contributed by atoms with Gasteiger partial charge >= 0.3 is 0 Å². The van der Waals surface area contributed by atoms with Crippen LogP contribution in [0.3, 0.4) is 0 Å². The lowest BCUT2D eigenvalue weighted by molar-refractivity contribution is -0.131. The van der Waals surface area contributed by atoms with Gasteiger partial charge in [-0.3, -0.25) is 9.20 Å². The van der Waals surface area contributed by atoms with E-state index < -0.39 is 0 Å². The van der Waals surface area contributed by atoms with Crippen LogP contribution in [0.25, 0.3) is 5.65 Å². The molecule has 0 N–H and O–H groups in total. The zero-order chi connectivity index (χ0) is 24.5. The summed E-state index contributed by atoms with van der Waals surface area (Å²) in [5.74, 6) is 1.60. The van der Waals surface area contributed by atoms with E-state index in [0.717, 1.165) is 54.9 Å². The second kappa shape index (κ2) is 9.77. The first kappa shape index (κ1) is 23.5. The fourth-order valence-electron chi connectivity index (χ4n) is 5.22. The Morgan fingerprint density at radius 1 is 1.23 bits per heavy atom. The van der Waals surface area contributed by atoms with Crippen molar-refractivity contribution in [3.8, 4) is 5.75 Å². The maximum Gasteiger partial charge on any atom is 0.236 e. The van der Waals surface area contributed by atoms with Crippen molar-refractivity contribution >= 4 is 17.5 Å². The number of halogens is 1. The van der Waals surface area contributed by atoms with Crippen molar-refractivity contribution in [3.63, 3.8) is 0 Å². The van der Waals surface area contributed by atoms with Gasteiger partial charge in [0.05, 0.1) is 13.2 Å². The maximum atomic E-state index is 14.7. The summed E-state index contributed by atoms with van der Waals surface area (Å²) in [4.78, 5) is 23.1. The third kappa shape index (κ3) is 4.67. The predicted molar refractivity (Wildman–Crippen MR) is 130 cm³/mol. The lowest BCUT2D eigenvalue weighted by Gasteiger charge is -2.23. The Bertz CT molecular complexity index is 1230. The van der Waals surface area contributed by atoms with Crippen molar-refractivity contribution < 1.29 is 13.9 Å². The van der Waals surface area contributed by atoms with Crippen LogP contribution < -0.4 is 9.64 Å². The number of anilines is 1. The molecule has 10 heteroatoms. The van der Waals surface area contributed by atoms with Gasteiger partial charge in [0, 0.05) is 56.0 Å². The van der Waals surface area contributed by atoms with E-state index in [2.05, 4.69) is 10.2 Å². The van der Waals surface area contributed by atoms with E-state index in [-0.39, 0.29) is 17.6 Å². The summed E-state index contributed by atoms with van der Waals surface area (Å²) in [6.07, 6.45) is 7.02. The van der Waals surface area contributed by atoms with Crippen molar-refractivity contribution in [1.29, 1.82) is 0 Å². The molecule has 0 unspecified atom stereocenters. The standard InChI is InChI=1S/C25H32FN7O2/c1-30(2)15-23(34)32-10-4-5-17(8-11-32)19-13-27-25(33-16-28-29-24(19)33)31(3)14-20-18-9-12-35-22(18)7-6-21(20)26/h6-7,13,16-17H,4-5,8-12,14-15H2,1-3H3/t17-/m1/s1. The maximum absolute atomic E-state index is 14.7. The number of ether oxygens (including phenoxy) is 1. The fraction of sp³-hybridized carbons (Fsp3) is 0.520. The van der Waals surface area contributed by atoms with E-state index in [1.165, 1.54) is 6.07 Å². The summed E-state index contributed by atoms with van der Waals surface area (Å²) in [6.45, 7) is 2.87. The lowest BCUT2D eigenvalue weighted by atomic mass is 9.94. The molecule has 0 radical (unpaired) electrons. The Morgan fingerprint density at radius 2 is 2.09 bits per heavy atom. The second-order valence-electron chi connectivity index (χ2n) is 9.74. The number of likely N-dealkylation sites (N-methyl/N-ethyl adjacent to an activating group) is 1. The minimum Gasteiger partial charge on any atom is -0.493 e. The highest BCUT2D eigenvalue weighted by Gasteiger charge is 2.26. The number of nitrogens with zero attached hydrogens (tertiary/aromatic N) is 7. The summed E-state index contributed by atoms with van der Waals surface area (Å²) >= 11 is 0. The molecular formula is C25H32FN7O2. The van der Waals surface area contributed by atoms with Gasteiger partial charge in [-0.05, 0) is 51.4 Å². The number of fused-ring (bicyclic) bond motifs is 2. The van der Waals surface area contributed by atoms with E-state index in [4.69, 9.17) is 9.72 Å². The minimum atomic E-state index is -0.232. The van der Waals surface area contributed by atoms with Crippen LogP contribution in [0.4, 0.5) is 10.3 Å². The van der Waals surface area contributed by atoms with Crippen LogP contribution in [0.1, 0.15) is 41.9 Å². The molecule has 0 spiro atoms. The molecule has 0 aliphatic carbocycles. The van der Waals surface area contributed by atoms with E-state index >= 15 is 0 Å². The van der Waals surface area contributed by atoms with Crippen LogP contribution in [-0.4, -0.2) is 82.7 Å². The molecule has 2 aliphatic rings. The van der Waals surface area contributed by atoms with Gasteiger partial charge < -0.3 is 19.4 Å². The lowest BCUT2D eigenvalue weighted by Crippen LogP contribution is -2.38. The number of likely N-dealkylation sites (tertiary alicyclic amines) is 1. The van der Waals surface area contributed by atoms with E-state index in [9.17, 15) is 9.18 Å². The molecule has 2 aliphatic heterocycles. The number of hydrogen-bond acceptors (Lipinski definition) is 7. The average Bonchev–Trinajstić information content (AvgIpc) is 3.44. The van der Waals surface area contributed by atoms with E-state index in [1.54, 1.807) is 12.4 Å². The Kier molecular flexibility index (Phi) is 6.55. The van der Waals surface area contributed by atoms with Gasteiger partial charge in [0.15, 0.2) is 5.65 Å². The SMILES string of the molecule is CN(C)CC(=O)N1CCC[C@@H](c2cnc(N(C)Cc3c(F)ccc4c3CCO4)n3cnnc23)CC1. The van der Waals surface area contributed by atoms with Crippen LogP contribution >= 0.6 is 0 Å². The summed E-state index contributed by atoms with van der Waals surface area (Å²) in [5.41, 5.74) is 3.38. The summed E-state index contributed by atoms with van der Waals surface area (Å²) in [6, 6.07) is 3.17. The van der Waals surface area contributed by atoms with Gasteiger partial charge in [-0.1, -0.05) is 0 Å². The zero-order valence-corrected chi connectivity index (χ0v) is 20.6. The molecule has 186 valence electrons. The fourth-order valence-corrected chi connectivity index (χ4v) is 5.22. The third-order valence-corrected chi connectivity index (χ3v) is 6.99. The molecule has 1 fully saturated rings. The summed E-state index contributed by atoms with van der Waals surface area (Å²) < 4.78 is 22.2. The predicted octanol–water partition coefficient (Wildman–Crippen LogP) is 2.49. The van der Waals surface area contributed by atoms with Gasteiger partial charge in [0.1, 0.15) is 17.9 Å². The number of carbonyl (C=O) groups excluding carboxylic acids is 1. The average molecular weight is 482 g/mol. The van der Waals surface area contributed by atoms with Gasteiger partial charge in [-0.25, -0.2) is 9.37 Å². The third-order valence-electron chi connectivity index (χ3n) is 6.99. The molecule has 1 saturated heterocycles. The molecule has 0 saturated carbocycles. The second-order valence-corrected chi connectivity index (χ2v) is 9.74. The highest BCUT2D eigenvalue weighted by atomic mass is 19.1. The molecule has 2 aromatic heterocycles. The van der Waals surface area contributed by atoms with Crippen LogP contribution in [0.2, 0.25) is 0 Å². The van der Waals surface area contributed by atoms with Crippen molar-refractivity contribution in [3.05, 3.63) is 47.2 Å². The van der Waals surface area contributed by atoms with Gasteiger partial charge in [0.25, 0.3) is 0 Å². The van der Waals surface area contributed by atoms with Crippen molar-refractivity contribution in [2.45, 2.75) is 38.1 Å². The van der Waals surface area contributed by atoms with Gasteiger partial charge in [-0.15, -0.1) is 10.2 Å². The van der Waals surface area contributed by atoms with E-state index in [0.29, 0.717) is 37.6 Å². The van der Waals surface area contributed by atoms with Crippen LogP contribution in [-0.2, 0) is 17.8 Å². The van der Waals surface area contributed by atoms with Gasteiger partial charge in [0.2, 0.25) is 11.9 Å². The van der Waals surface area contributed by atoms with Crippen LogP contribution in [0.5, 0.6) is 5.75 Å². The van der Waals surface area contributed by atoms with Crippen LogP contribution in [0, 0.1) is 5.82 Å². The molecular weight excluding hydrogens is 449 g/mol. The molecule has 1 amide bonds. The highest BCUT2D eigenvalue weighted by Crippen LogP contribution is 2.33. The molecule has 1 atom stereocenters. The molecule has 0 bridgehead atoms. The minimum absolute atomic E-state index is 0.170. The Morgan fingerprint density at radius 3 is 2.91 bits per heavy atom. The normalized spacial score (nSPS) is 18.0. The Hall–Kier alpha value is -3.27. The van der Waals surface area contributed by atoms with Crippen molar-refractivity contribution in [2.75, 3.05) is 52.3 Å². The number of benzene rings is 1. The van der Waals surface area contributed by atoms with Crippen molar-refractivity contribution in [2.24, 2.45) is 0 Å². The molecule has 4 heterocycles. The number of carbonyl (C=O) groups is 1. The Balaban J connectivity index is 1.37. The van der Waals surface area contributed by atoms with Crippen molar-refractivity contribution in [1.82, 2.24) is 29.4 Å². The molecule has 1 aromatic carbocycles. The molecule has 9 nitrogen and oxygen atoms in total. The monoisotopic (exact) mass is 481 g/mol. The number of amides is 1. The first-order valence-electron chi connectivity index (χ1n) is 12.2. The first-order chi connectivity index (χ1) is 16.9. The molecule has 3 aromatic rings. The number of aromatic nitrogens is 4. The number of hydrogen-bond donors (Lipinski definition) is 0. The Labute approximate surface area is 204 Å². The smallest absolute Gasteiger partial charge is 0.236 e. The molecule has 35 heavy (non-hydrogen) atoms. The zero-order valence-electron chi connectivity index (χ0n) is 20.6. The highest BCUT2D eigenvalue weighted by molar-refractivity contribution is 5.78. The topological polar surface area (TPSA) is 79.1 Å². The van der Waals surface area contributed by atoms with Crippen LogP contribution in [0.15, 0.2) is 24.7 Å². The van der Waals surface area contributed by atoms with Gasteiger partial charge in [-0.2, -0.15) is 0 Å².